The first-order valence-electron chi connectivity index (χ1n) is 3.70. The van der Waals surface area contributed by atoms with E-state index >= 15 is 0 Å². The summed E-state index contributed by atoms with van der Waals surface area (Å²) >= 11 is 0. The first-order chi connectivity index (χ1) is 6.20. The zero-order valence-electron chi connectivity index (χ0n) is 7.50. The quantitative estimate of drug-likeness (QED) is 0.674. The van der Waals surface area contributed by atoms with Crippen LogP contribution in [0.15, 0.2) is 12.4 Å². The van der Waals surface area contributed by atoms with Crippen molar-refractivity contribution < 1.29 is 9.53 Å². The Morgan fingerprint density at radius 1 is 1.62 bits per heavy atom. The second-order valence-corrected chi connectivity index (χ2v) is 2.39. The van der Waals surface area contributed by atoms with Crippen LogP contribution in [0.1, 0.15) is 10.4 Å². The maximum Gasteiger partial charge on any atom is 0.257 e. The van der Waals surface area contributed by atoms with Gasteiger partial charge in [0.2, 0.25) is 0 Å². The Labute approximate surface area is 75.9 Å². The number of pyridine rings is 1. The maximum atomic E-state index is 11.3. The Balaban J connectivity index is 3.22. The highest BCUT2D eigenvalue weighted by molar-refractivity contribution is 6.01. The molecule has 0 fully saturated rings. The number of nitrogens with two attached hydrogens (primary N) is 1. The van der Waals surface area contributed by atoms with Crippen LogP contribution in [-0.2, 0) is 0 Å². The highest BCUT2D eigenvalue weighted by atomic mass is 16.5. The summed E-state index contributed by atoms with van der Waals surface area (Å²) in [5, 5.41) is 2.47. The van der Waals surface area contributed by atoms with Gasteiger partial charge in [-0.3, -0.25) is 9.78 Å². The molecular formula is C8H11N3O2. The van der Waals surface area contributed by atoms with Gasteiger partial charge in [-0.1, -0.05) is 0 Å². The molecule has 1 heterocycles. The number of nitrogens with zero attached hydrogens (tertiary/aromatic N) is 1. The molecule has 5 heteroatoms. The van der Waals surface area contributed by atoms with Crippen molar-refractivity contribution in [2.75, 3.05) is 19.9 Å². The summed E-state index contributed by atoms with van der Waals surface area (Å²) in [7, 11) is 2.99. The highest BCUT2D eigenvalue weighted by Gasteiger charge is 2.14. The van der Waals surface area contributed by atoms with Crippen molar-refractivity contribution in [1.29, 1.82) is 0 Å². The summed E-state index contributed by atoms with van der Waals surface area (Å²) in [5.41, 5.74) is 6.19. The number of carbonyl (C=O) groups is 1. The molecule has 3 N–H and O–H groups in total. The third kappa shape index (κ3) is 1.69. The van der Waals surface area contributed by atoms with Crippen molar-refractivity contribution in [3.8, 4) is 5.75 Å². The Morgan fingerprint density at radius 2 is 2.31 bits per heavy atom. The molecule has 0 aromatic carbocycles. The van der Waals surface area contributed by atoms with Crippen LogP contribution in [0.4, 0.5) is 5.69 Å². The number of carbonyl (C=O) groups excluding carboxylic acids is 1. The molecule has 70 valence electrons. The van der Waals surface area contributed by atoms with E-state index in [-0.39, 0.29) is 5.91 Å². The van der Waals surface area contributed by atoms with Crippen LogP contribution in [0, 0.1) is 0 Å². The molecule has 0 atom stereocenters. The second-order valence-electron chi connectivity index (χ2n) is 2.39. The third-order valence-electron chi connectivity index (χ3n) is 1.61. The van der Waals surface area contributed by atoms with Crippen LogP contribution in [0.5, 0.6) is 5.75 Å². The minimum atomic E-state index is -0.281. The van der Waals surface area contributed by atoms with Crippen LogP contribution >= 0.6 is 0 Å². The summed E-state index contributed by atoms with van der Waals surface area (Å²) < 4.78 is 4.95. The van der Waals surface area contributed by atoms with Gasteiger partial charge in [0, 0.05) is 7.05 Å². The predicted octanol–water partition coefficient (Wildman–Crippen LogP) is 0.0320. The number of rotatable bonds is 2. The van der Waals surface area contributed by atoms with Gasteiger partial charge in [-0.2, -0.15) is 0 Å². The van der Waals surface area contributed by atoms with Crippen molar-refractivity contribution in [3.63, 3.8) is 0 Å². The Bertz CT molecular complexity index is 325. The highest BCUT2D eigenvalue weighted by Crippen LogP contribution is 2.21. The van der Waals surface area contributed by atoms with Crippen LogP contribution in [0.3, 0.4) is 0 Å². The lowest BCUT2D eigenvalue weighted by molar-refractivity contribution is 0.0961. The average Bonchev–Trinajstić information content (AvgIpc) is 2.16. The predicted molar refractivity (Wildman–Crippen MR) is 48.6 cm³/mol. The molecular weight excluding hydrogens is 170 g/mol. The fourth-order valence-electron chi connectivity index (χ4n) is 0.979. The van der Waals surface area contributed by atoms with Crippen molar-refractivity contribution in [1.82, 2.24) is 10.3 Å². The standard InChI is InChI=1S/C8H11N3O2/c1-10-8(12)7-5(9)3-11-4-6(7)13-2/h3-4H,9H2,1-2H3,(H,10,12). The van der Waals surface area contributed by atoms with Gasteiger partial charge >= 0.3 is 0 Å². The first kappa shape index (κ1) is 9.31. The number of hydrogen-bond donors (Lipinski definition) is 2. The molecule has 0 saturated carbocycles. The molecule has 0 unspecified atom stereocenters. The minimum Gasteiger partial charge on any atom is -0.494 e. The molecule has 0 bridgehead atoms. The van der Waals surface area contributed by atoms with Gasteiger partial charge < -0.3 is 15.8 Å². The number of hydrogen-bond acceptors (Lipinski definition) is 4. The third-order valence-corrected chi connectivity index (χ3v) is 1.61. The SMILES string of the molecule is CNC(=O)c1c(N)cncc1OC. The van der Waals surface area contributed by atoms with Gasteiger partial charge in [-0.25, -0.2) is 0 Å². The molecule has 0 spiro atoms. The molecule has 5 nitrogen and oxygen atoms in total. The number of nitrogen functional groups attached to an aromatic ring is 1. The Morgan fingerprint density at radius 3 is 2.85 bits per heavy atom. The fraction of sp³-hybridized carbons (Fsp3) is 0.250. The summed E-state index contributed by atoms with van der Waals surface area (Å²) in [6, 6.07) is 0. The van der Waals surface area contributed by atoms with Crippen molar-refractivity contribution in [2.45, 2.75) is 0 Å². The van der Waals surface area contributed by atoms with E-state index in [1.807, 2.05) is 0 Å². The van der Waals surface area contributed by atoms with E-state index in [0.717, 1.165) is 0 Å². The van der Waals surface area contributed by atoms with E-state index in [1.165, 1.54) is 26.6 Å². The van der Waals surface area contributed by atoms with Gasteiger partial charge in [-0.15, -0.1) is 0 Å². The number of amides is 1. The first-order valence-corrected chi connectivity index (χ1v) is 3.70. The van der Waals surface area contributed by atoms with E-state index in [1.54, 1.807) is 0 Å². The van der Waals surface area contributed by atoms with E-state index in [2.05, 4.69) is 10.3 Å². The lowest BCUT2D eigenvalue weighted by Crippen LogP contribution is -2.20. The Kier molecular flexibility index (Phi) is 2.69. The largest absolute Gasteiger partial charge is 0.494 e. The van der Waals surface area contributed by atoms with E-state index in [4.69, 9.17) is 10.5 Å². The molecule has 0 aliphatic heterocycles. The molecule has 1 aromatic heterocycles. The van der Waals surface area contributed by atoms with Crippen LogP contribution in [-0.4, -0.2) is 25.0 Å². The van der Waals surface area contributed by atoms with Gasteiger partial charge in [0.05, 0.1) is 25.2 Å². The number of anilines is 1. The van der Waals surface area contributed by atoms with Gasteiger partial charge in [0.1, 0.15) is 5.56 Å². The summed E-state index contributed by atoms with van der Waals surface area (Å²) in [4.78, 5) is 15.1. The normalized spacial score (nSPS) is 9.38. The number of methoxy groups -OCH3 is 1. The Hall–Kier alpha value is -1.78. The molecule has 1 aromatic rings. The van der Waals surface area contributed by atoms with E-state index in [9.17, 15) is 4.79 Å². The molecule has 0 radical (unpaired) electrons. The fourth-order valence-corrected chi connectivity index (χ4v) is 0.979. The van der Waals surface area contributed by atoms with Crippen LogP contribution in [0.25, 0.3) is 0 Å². The second kappa shape index (κ2) is 3.75. The lowest BCUT2D eigenvalue weighted by Gasteiger charge is -2.08. The monoisotopic (exact) mass is 181 g/mol. The molecule has 0 aliphatic carbocycles. The summed E-state index contributed by atoms with van der Waals surface area (Å²) in [6.45, 7) is 0. The zero-order chi connectivity index (χ0) is 9.84. The molecule has 0 saturated heterocycles. The number of nitrogens with one attached hydrogen (secondary N) is 1. The topological polar surface area (TPSA) is 77.2 Å². The molecule has 0 aliphatic rings. The minimum absolute atomic E-state index is 0.281. The molecule has 1 amide bonds. The van der Waals surface area contributed by atoms with Crippen LogP contribution in [0.2, 0.25) is 0 Å². The zero-order valence-corrected chi connectivity index (χ0v) is 7.50. The van der Waals surface area contributed by atoms with E-state index in [0.29, 0.717) is 17.0 Å². The van der Waals surface area contributed by atoms with Crippen molar-refractivity contribution >= 4 is 11.6 Å². The maximum absolute atomic E-state index is 11.3. The van der Waals surface area contributed by atoms with Crippen LogP contribution < -0.4 is 15.8 Å². The number of aromatic nitrogens is 1. The molecule has 13 heavy (non-hydrogen) atoms. The average molecular weight is 181 g/mol. The van der Waals surface area contributed by atoms with Gasteiger partial charge in [0.25, 0.3) is 5.91 Å². The van der Waals surface area contributed by atoms with Gasteiger partial charge in [0.15, 0.2) is 5.75 Å². The molecule has 1 rings (SSSR count). The van der Waals surface area contributed by atoms with Crippen molar-refractivity contribution in [2.24, 2.45) is 0 Å². The van der Waals surface area contributed by atoms with Crippen molar-refractivity contribution in [3.05, 3.63) is 18.0 Å². The summed E-state index contributed by atoms with van der Waals surface area (Å²) in [5.74, 6) is 0.0936. The van der Waals surface area contributed by atoms with Gasteiger partial charge in [-0.05, 0) is 0 Å². The summed E-state index contributed by atoms with van der Waals surface area (Å²) in [6.07, 6.45) is 2.86. The lowest BCUT2D eigenvalue weighted by atomic mass is 10.2. The number of ether oxygens (including phenoxy) is 1. The smallest absolute Gasteiger partial charge is 0.257 e. The van der Waals surface area contributed by atoms with E-state index < -0.39 is 0 Å².